The van der Waals surface area contributed by atoms with E-state index in [-0.39, 0.29) is 0 Å². The van der Waals surface area contributed by atoms with Gasteiger partial charge in [0.15, 0.2) is 0 Å². The molecule has 0 fully saturated rings. The van der Waals surface area contributed by atoms with Crippen molar-refractivity contribution in [3.8, 4) is 0 Å². The summed E-state index contributed by atoms with van der Waals surface area (Å²) >= 11 is 0. The first kappa shape index (κ1) is 21.2. The van der Waals surface area contributed by atoms with Gasteiger partial charge in [0.1, 0.15) is 0 Å². The minimum Gasteiger partial charge on any atom is -0.0654 e. The highest BCUT2D eigenvalue weighted by atomic mass is 28.3. The summed E-state index contributed by atoms with van der Waals surface area (Å²) in [6.07, 6.45) is 8.52. The van der Waals surface area contributed by atoms with E-state index in [0.29, 0.717) is 0 Å². The molecule has 0 radical (unpaired) electrons. The van der Waals surface area contributed by atoms with E-state index in [4.69, 9.17) is 0 Å². The lowest BCUT2D eigenvalue weighted by atomic mass is 10.1. The Kier molecular flexibility index (Phi) is 8.37. The predicted molar refractivity (Wildman–Crippen MR) is 124 cm³/mol. The second kappa shape index (κ2) is 10.3. The molecular weight excluding hydrogens is 344 g/mol. The van der Waals surface area contributed by atoms with E-state index >= 15 is 0 Å². The average Bonchev–Trinajstić information content (AvgIpc) is 2.65. The number of rotatable bonds is 11. The maximum Gasteiger partial charge on any atom is 0.0806 e. The van der Waals surface area contributed by atoms with Gasteiger partial charge < -0.3 is 0 Å². The zero-order valence-electron chi connectivity index (χ0n) is 17.4. The summed E-state index contributed by atoms with van der Waals surface area (Å²) in [7, 11) is -2.42. The summed E-state index contributed by atoms with van der Waals surface area (Å²) < 4.78 is 0. The van der Waals surface area contributed by atoms with Gasteiger partial charge in [-0.3, -0.25) is 0 Å². The van der Waals surface area contributed by atoms with Crippen LogP contribution in [0.15, 0.2) is 60.7 Å². The molecule has 2 rings (SSSR count). The number of benzene rings is 2. The van der Waals surface area contributed by atoms with Crippen molar-refractivity contribution in [1.82, 2.24) is 0 Å². The molecule has 0 amide bonds. The maximum absolute atomic E-state index is 2.53. The monoisotopic (exact) mass is 382 g/mol. The third-order valence-electron chi connectivity index (χ3n) is 5.96. The molecule has 0 aliphatic rings. The molecule has 0 aliphatic carbocycles. The molecule has 0 saturated carbocycles. The van der Waals surface area contributed by atoms with Crippen molar-refractivity contribution in [3.05, 3.63) is 60.7 Å². The van der Waals surface area contributed by atoms with E-state index in [9.17, 15) is 0 Å². The van der Waals surface area contributed by atoms with Crippen LogP contribution in [0.5, 0.6) is 0 Å². The van der Waals surface area contributed by atoms with Crippen molar-refractivity contribution in [3.63, 3.8) is 0 Å². The SMILES string of the molecule is C[Si](C)(CCCCCCCC[Si](C)(C)c1ccccc1)c1ccccc1. The van der Waals surface area contributed by atoms with Crippen LogP contribution >= 0.6 is 0 Å². The quantitative estimate of drug-likeness (QED) is 0.305. The van der Waals surface area contributed by atoms with Crippen LogP contribution in [0.1, 0.15) is 38.5 Å². The summed E-state index contributed by atoms with van der Waals surface area (Å²) in [4.78, 5) is 0. The molecule has 0 N–H and O–H groups in total. The fourth-order valence-electron chi connectivity index (χ4n) is 3.91. The van der Waals surface area contributed by atoms with Crippen LogP contribution in [0.2, 0.25) is 38.3 Å². The zero-order valence-corrected chi connectivity index (χ0v) is 19.4. The molecule has 0 aliphatic heterocycles. The molecule has 0 bridgehead atoms. The van der Waals surface area contributed by atoms with Crippen LogP contribution in [-0.2, 0) is 0 Å². The van der Waals surface area contributed by atoms with Gasteiger partial charge >= 0.3 is 0 Å². The first-order chi connectivity index (χ1) is 12.4. The highest BCUT2D eigenvalue weighted by Gasteiger charge is 2.23. The van der Waals surface area contributed by atoms with Crippen LogP contribution in [0.3, 0.4) is 0 Å². The summed E-state index contributed by atoms with van der Waals surface area (Å²) in [5.41, 5.74) is 0. The van der Waals surface area contributed by atoms with E-state index in [0.717, 1.165) is 0 Å². The van der Waals surface area contributed by atoms with E-state index in [1.54, 1.807) is 10.4 Å². The van der Waals surface area contributed by atoms with Gasteiger partial charge in [0.25, 0.3) is 0 Å². The Hall–Kier alpha value is -1.13. The third kappa shape index (κ3) is 6.88. The van der Waals surface area contributed by atoms with E-state index in [1.165, 1.54) is 50.6 Å². The summed E-state index contributed by atoms with van der Waals surface area (Å²) in [6.45, 7) is 10.1. The van der Waals surface area contributed by atoms with Gasteiger partial charge in [0.2, 0.25) is 0 Å². The molecule has 0 aromatic heterocycles. The van der Waals surface area contributed by atoms with E-state index < -0.39 is 16.1 Å². The second-order valence-corrected chi connectivity index (χ2v) is 18.8. The Morgan fingerprint density at radius 2 is 0.769 bits per heavy atom. The van der Waals surface area contributed by atoms with Gasteiger partial charge in [0, 0.05) is 0 Å². The summed E-state index contributed by atoms with van der Waals surface area (Å²) in [5, 5.41) is 3.24. The second-order valence-electron chi connectivity index (χ2n) is 9.12. The molecule has 142 valence electrons. The van der Waals surface area contributed by atoms with Crippen molar-refractivity contribution in [2.24, 2.45) is 0 Å². The standard InChI is InChI=1S/C24H38Si2/c1-25(2,23-17-11-9-12-18-23)21-15-7-5-6-8-16-22-26(3,4)24-19-13-10-14-20-24/h9-14,17-20H,5-8,15-16,21-22H2,1-4H3. The topological polar surface area (TPSA) is 0 Å². The molecule has 0 saturated heterocycles. The lowest BCUT2D eigenvalue weighted by Crippen LogP contribution is -2.40. The van der Waals surface area contributed by atoms with Crippen LogP contribution in [-0.4, -0.2) is 16.1 Å². The number of unbranched alkanes of at least 4 members (excludes halogenated alkanes) is 5. The predicted octanol–water partition coefficient (Wildman–Crippen LogP) is 6.56. The highest BCUT2D eigenvalue weighted by molar-refractivity contribution is 6.90. The molecule has 2 aromatic rings. The van der Waals surface area contributed by atoms with Crippen LogP contribution in [0.25, 0.3) is 0 Å². The molecule has 2 heteroatoms. The fourth-order valence-corrected chi connectivity index (χ4v) is 8.94. The van der Waals surface area contributed by atoms with Crippen molar-refractivity contribution < 1.29 is 0 Å². The van der Waals surface area contributed by atoms with Gasteiger partial charge in [-0.2, -0.15) is 0 Å². The first-order valence-electron chi connectivity index (χ1n) is 10.5. The summed E-state index contributed by atoms with van der Waals surface area (Å²) in [5.74, 6) is 0. The number of hydrogen-bond donors (Lipinski definition) is 0. The van der Waals surface area contributed by atoms with Crippen LogP contribution < -0.4 is 10.4 Å². The van der Waals surface area contributed by atoms with Gasteiger partial charge in [-0.1, -0.05) is 148 Å². The van der Waals surface area contributed by atoms with Gasteiger partial charge in [-0.25, -0.2) is 0 Å². The Morgan fingerprint density at radius 1 is 0.462 bits per heavy atom. The smallest absolute Gasteiger partial charge is 0.0654 e. The van der Waals surface area contributed by atoms with Crippen molar-refractivity contribution in [1.29, 1.82) is 0 Å². The Bertz CT molecular complexity index is 560. The molecule has 26 heavy (non-hydrogen) atoms. The highest BCUT2D eigenvalue weighted by Crippen LogP contribution is 2.19. The minimum atomic E-state index is -1.21. The van der Waals surface area contributed by atoms with Crippen molar-refractivity contribution in [2.75, 3.05) is 0 Å². The minimum absolute atomic E-state index is 1.21. The average molecular weight is 383 g/mol. The Labute approximate surface area is 164 Å². The molecule has 2 aromatic carbocycles. The number of hydrogen-bond acceptors (Lipinski definition) is 0. The Balaban J connectivity index is 1.57. The van der Waals surface area contributed by atoms with Gasteiger partial charge in [-0.15, -0.1) is 0 Å². The molecule has 0 heterocycles. The van der Waals surface area contributed by atoms with Crippen molar-refractivity contribution >= 4 is 26.5 Å². The molecular formula is C24H38Si2. The van der Waals surface area contributed by atoms with Crippen LogP contribution in [0, 0.1) is 0 Å². The lowest BCUT2D eigenvalue weighted by molar-refractivity contribution is 0.621. The third-order valence-corrected chi connectivity index (χ3v) is 13.0. The van der Waals surface area contributed by atoms with Gasteiger partial charge in [-0.05, 0) is 0 Å². The zero-order chi connectivity index (χ0) is 18.9. The largest absolute Gasteiger partial charge is 0.0806 e. The van der Waals surface area contributed by atoms with E-state index in [2.05, 4.69) is 86.9 Å². The lowest BCUT2D eigenvalue weighted by Gasteiger charge is -2.23. The van der Waals surface area contributed by atoms with E-state index in [1.807, 2.05) is 0 Å². The summed E-state index contributed by atoms with van der Waals surface area (Å²) in [6, 6.07) is 25.3. The van der Waals surface area contributed by atoms with Crippen molar-refractivity contribution in [2.45, 2.75) is 76.8 Å². The fraction of sp³-hybridized carbons (Fsp3) is 0.500. The molecule has 0 spiro atoms. The molecule has 0 nitrogen and oxygen atoms in total. The van der Waals surface area contributed by atoms with Gasteiger partial charge in [0.05, 0.1) is 16.1 Å². The molecule has 0 unspecified atom stereocenters. The maximum atomic E-state index is 2.53. The van der Waals surface area contributed by atoms with Crippen LogP contribution in [0.4, 0.5) is 0 Å². The Morgan fingerprint density at radius 3 is 1.12 bits per heavy atom. The first-order valence-corrected chi connectivity index (χ1v) is 16.9. The normalized spacial score (nSPS) is 12.3. The molecule has 0 atom stereocenters.